The number of nitrogens with zero attached hydrogens (tertiary/aromatic N) is 1. The fraction of sp³-hybridized carbons (Fsp3) is 0.833. The van der Waals surface area contributed by atoms with Crippen LogP contribution in [0.2, 0.25) is 25.7 Å². The minimum absolute atomic E-state index is 0.0654. The third kappa shape index (κ3) is 6.76. The van der Waals surface area contributed by atoms with E-state index in [9.17, 15) is 9.59 Å². The Morgan fingerprint density at radius 1 is 1.45 bits per heavy atom. The fourth-order valence-electron chi connectivity index (χ4n) is 1.84. The number of amides is 2. The molecule has 20 heavy (non-hydrogen) atoms. The maximum atomic E-state index is 11.5. The maximum Gasteiger partial charge on any atom is 0.407 e. The zero-order chi connectivity index (χ0) is 15.2. The quantitative estimate of drug-likeness (QED) is 0.659. The lowest BCUT2D eigenvalue weighted by Crippen LogP contribution is -2.56. The Morgan fingerprint density at radius 3 is 2.75 bits per heavy atom. The van der Waals surface area contributed by atoms with Crippen molar-refractivity contribution in [2.45, 2.75) is 31.7 Å². The largest absolute Gasteiger partial charge is 0.465 e. The van der Waals surface area contributed by atoms with Crippen molar-refractivity contribution in [1.29, 1.82) is 0 Å². The van der Waals surface area contributed by atoms with Crippen molar-refractivity contribution in [2.75, 3.05) is 32.8 Å². The Labute approximate surface area is 120 Å². The lowest BCUT2D eigenvalue weighted by molar-refractivity contribution is 0.126. The SMILES string of the molecule is C[Si](C)(C)CCOC(=O)NC[C@H]1CN(C(=O)O)CCN1. The zero-order valence-corrected chi connectivity index (χ0v) is 13.4. The molecule has 1 heterocycles. The molecule has 1 atom stereocenters. The summed E-state index contributed by atoms with van der Waals surface area (Å²) >= 11 is 0. The van der Waals surface area contributed by atoms with Crippen molar-refractivity contribution >= 4 is 20.3 Å². The first kappa shape index (κ1) is 16.8. The average Bonchev–Trinajstić information content (AvgIpc) is 2.35. The molecule has 1 rings (SSSR count). The van der Waals surface area contributed by atoms with Crippen LogP contribution in [0.1, 0.15) is 0 Å². The molecule has 0 aliphatic carbocycles. The second kappa shape index (κ2) is 7.49. The number of carbonyl (C=O) groups excluding carboxylic acids is 1. The van der Waals surface area contributed by atoms with Crippen LogP contribution in [0.5, 0.6) is 0 Å². The predicted molar refractivity (Wildman–Crippen MR) is 78.9 cm³/mol. The van der Waals surface area contributed by atoms with E-state index in [1.54, 1.807) is 0 Å². The highest BCUT2D eigenvalue weighted by Crippen LogP contribution is 2.07. The molecule has 0 aromatic rings. The summed E-state index contributed by atoms with van der Waals surface area (Å²) in [6.45, 7) is 8.94. The van der Waals surface area contributed by atoms with Gasteiger partial charge in [0.05, 0.1) is 6.61 Å². The molecule has 7 nitrogen and oxygen atoms in total. The van der Waals surface area contributed by atoms with Crippen molar-refractivity contribution < 1.29 is 19.4 Å². The summed E-state index contributed by atoms with van der Waals surface area (Å²) < 4.78 is 5.11. The predicted octanol–water partition coefficient (Wildman–Crippen LogP) is 1.00. The van der Waals surface area contributed by atoms with Crippen LogP contribution in [-0.4, -0.2) is 69.1 Å². The molecule has 1 aliphatic heterocycles. The monoisotopic (exact) mass is 303 g/mol. The summed E-state index contributed by atoms with van der Waals surface area (Å²) in [5.41, 5.74) is 0. The van der Waals surface area contributed by atoms with Crippen LogP contribution in [0.4, 0.5) is 9.59 Å². The Bertz CT molecular complexity index is 346. The average molecular weight is 303 g/mol. The lowest BCUT2D eigenvalue weighted by Gasteiger charge is -2.31. The Hall–Kier alpha value is -1.28. The molecule has 8 heteroatoms. The highest BCUT2D eigenvalue weighted by Gasteiger charge is 2.23. The number of hydrogen-bond acceptors (Lipinski definition) is 4. The molecular formula is C12H25N3O4Si. The standard InChI is InChI=1S/C12H25N3O4Si/c1-20(2,3)7-6-19-11(16)14-8-10-9-15(12(17)18)5-4-13-10/h10,13H,4-9H2,1-3H3,(H,14,16)(H,17,18)/t10-/m0/s1. The zero-order valence-electron chi connectivity index (χ0n) is 12.4. The number of hydrogen-bond donors (Lipinski definition) is 3. The molecule has 0 bridgehead atoms. The van der Waals surface area contributed by atoms with E-state index in [1.165, 1.54) is 4.90 Å². The number of nitrogens with one attached hydrogen (secondary N) is 2. The fourth-order valence-corrected chi connectivity index (χ4v) is 2.56. The van der Waals surface area contributed by atoms with E-state index in [1.807, 2.05) is 0 Å². The molecule has 1 fully saturated rings. The van der Waals surface area contributed by atoms with Gasteiger partial charge in [0.2, 0.25) is 0 Å². The molecule has 3 N–H and O–H groups in total. The van der Waals surface area contributed by atoms with Crippen LogP contribution in [0, 0.1) is 0 Å². The molecule has 116 valence electrons. The van der Waals surface area contributed by atoms with E-state index in [4.69, 9.17) is 9.84 Å². The second-order valence-electron chi connectivity index (χ2n) is 6.21. The third-order valence-corrected chi connectivity index (χ3v) is 4.81. The summed E-state index contributed by atoms with van der Waals surface area (Å²) in [7, 11) is -1.19. The van der Waals surface area contributed by atoms with E-state index in [-0.39, 0.29) is 6.04 Å². The van der Waals surface area contributed by atoms with Crippen LogP contribution in [0.3, 0.4) is 0 Å². The lowest BCUT2D eigenvalue weighted by atomic mass is 10.2. The van der Waals surface area contributed by atoms with Crippen molar-refractivity contribution in [1.82, 2.24) is 15.5 Å². The molecule has 0 aromatic heterocycles. The second-order valence-corrected chi connectivity index (χ2v) is 11.8. The van der Waals surface area contributed by atoms with Gasteiger partial charge in [-0.1, -0.05) is 19.6 Å². The van der Waals surface area contributed by atoms with Crippen LogP contribution in [-0.2, 0) is 4.74 Å². The summed E-state index contributed by atoms with van der Waals surface area (Å²) in [5, 5.41) is 14.8. The first-order chi connectivity index (χ1) is 9.28. The third-order valence-electron chi connectivity index (χ3n) is 3.10. The van der Waals surface area contributed by atoms with Crippen LogP contribution in [0.15, 0.2) is 0 Å². The van der Waals surface area contributed by atoms with Crippen molar-refractivity contribution in [3.8, 4) is 0 Å². The molecule has 0 aromatic carbocycles. The number of alkyl carbamates (subject to hydrolysis) is 1. The molecule has 0 saturated carbocycles. The first-order valence-corrected chi connectivity index (χ1v) is 10.6. The van der Waals surface area contributed by atoms with E-state index < -0.39 is 20.3 Å². The number of rotatable bonds is 5. The van der Waals surface area contributed by atoms with Crippen molar-refractivity contribution in [3.63, 3.8) is 0 Å². The van der Waals surface area contributed by atoms with Crippen LogP contribution < -0.4 is 10.6 Å². The summed E-state index contributed by atoms with van der Waals surface area (Å²) in [6.07, 6.45) is -1.35. The normalized spacial score (nSPS) is 19.6. The van der Waals surface area contributed by atoms with E-state index in [2.05, 4.69) is 30.3 Å². The van der Waals surface area contributed by atoms with Gasteiger partial charge >= 0.3 is 12.2 Å². The van der Waals surface area contributed by atoms with Crippen molar-refractivity contribution in [2.24, 2.45) is 0 Å². The van der Waals surface area contributed by atoms with Gasteiger partial charge in [-0.2, -0.15) is 0 Å². The van der Waals surface area contributed by atoms with Gasteiger partial charge in [0.15, 0.2) is 0 Å². The molecule has 1 saturated heterocycles. The highest BCUT2D eigenvalue weighted by atomic mass is 28.3. The molecule has 0 unspecified atom stereocenters. The Morgan fingerprint density at radius 2 is 2.15 bits per heavy atom. The van der Waals surface area contributed by atoms with Crippen LogP contribution >= 0.6 is 0 Å². The first-order valence-electron chi connectivity index (χ1n) is 6.90. The van der Waals surface area contributed by atoms with Gasteiger partial charge in [-0.05, 0) is 6.04 Å². The van der Waals surface area contributed by atoms with Gasteiger partial charge in [-0.3, -0.25) is 0 Å². The Kier molecular flexibility index (Phi) is 6.28. The van der Waals surface area contributed by atoms with E-state index >= 15 is 0 Å². The van der Waals surface area contributed by atoms with Gasteiger partial charge in [0, 0.05) is 40.3 Å². The number of ether oxygens (including phenoxy) is 1. The minimum Gasteiger partial charge on any atom is -0.465 e. The van der Waals surface area contributed by atoms with E-state index in [0.717, 1.165) is 6.04 Å². The highest BCUT2D eigenvalue weighted by molar-refractivity contribution is 6.76. The van der Waals surface area contributed by atoms with Gasteiger partial charge in [0.25, 0.3) is 0 Å². The molecule has 0 spiro atoms. The maximum absolute atomic E-state index is 11.5. The summed E-state index contributed by atoms with van der Waals surface area (Å²) in [4.78, 5) is 23.7. The topological polar surface area (TPSA) is 90.9 Å². The van der Waals surface area contributed by atoms with Gasteiger partial charge in [-0.25, -0.2) is 9.59 Å². The summed E-state index contributed by atoms with van der Waals surface area (Å²) in [6, 6.07) is 0.874. The van der Waals surface area contributed by atoms with Gasteiger partial charge < -0.3 is 25.4 Å². The minimum atomic E-state index is -1.19. The number of carboxylic acid groups (broad SMARTS) is 1. The van der Waals surface area contributed by atoms with Crippen molar-refractivity contribution in [3.05, 3.63) is 0 Å². The number of carbonyl (C=O) groups is 2. The molecule has 2 amide bonds. The molecular weight excluding hydrogens is 278 g/mol. The molecule has 1 aliphatic rings. The smallest absolute Gasteiger partial charge is 0.407 e. The Balaban J connectivity index is 2.19. The molecule has 0 radical (unpaired) electrons. The summed E-state index contributed by atoms with van der Waals surface area (Å²) in [5.74, 6) is 0. The van der Waals surface area contributed by atoms with Gasteiger partial charge in [0.1, 0.15) is 0 Å². The van der Waals surface area contributed by atoms with E-state index in [0.29, 0.717) is 32.8 Å². The number of piperazine rings is 1. The van der Waals surface area contributed by atoms with Gasteiger partial charge in [-0.15, -0.1) is 0 Å². The van der Waals surface area contributed by atoms with Crippen LogP contribution in [0.25, 0.3) is 0 Å².